The summed E-state index contributed by atoms with van der Waals surface area (Å²) in [6.07, 6.45) is 1.48. The zero-order valence-electron chi connectivity index (χ0n) is 7.96. The molecule has 0 aliphatic carbocycles. The zero-order valence-corrected chi connectivity index (χ0v) is 8.78. The summed E-state index contributed by atoms with van der Waals surface area (Å²) in [5.41, 5.74) is 0.354. The molecule has 0 amide bonds. The molecule has 0 bridgehead atoms. The summed E-state index contributed by atoms with van der Waals surface area (Å²) in [5.74, 6) is 2.94. The summed E-state index contributed by atoms with van der Waals surface area (Å²) in [4.78, 5) is 10.8. The van der Waals surface area contributed by atoms with E-state index in [0.29, 0.717) is 12.1 Å². The molecule has 0 aliphatic rings. The van der Waals surface area contributed by atoms with E-state index in [9.17, 15) is 9.00 Å². The number of carbonyl (C=O) groups excluding carboxylic acids is 1. The number of esters is 1. The maximum absolute atomic E-state index is 11.0. The molecule has 0 aromatic carbocycles. The third kappa shape index (κ3) is 7.55. The van der Waals surface area contributed by atoms with Gasteiger partial charge in [0.1, 0.15) is 6.61 Å². The Bertz CT molecular complexity index is 293. The second-order valence-electron chi connectivity index (χ2n) is 2.82. The highest BCUT2D eigenvalue weighted by Gasteiger charge is 2.02. The first-order valence-corrected chi connectivity index (χ1v) is 5.86. The average Bonchev–Trinajstić information content (AvgIpc) is 1.95. The maximum atomic E-state index is 11.0. The number of nitrogens with one attached hydrogen (secondary N) is 1. The predicted molar refractivity (Wildman–Crippen MR) is 55.0 cm³/mol. The van der Waals surface area contributed by atoms with Crippen LogP contribution in [0.3, 0.4) is 0 Å². The predicted octanol–water partition coefficient (Wildman–Crippen LogP) is -0.0435. The van der Waals surface area contributed by atoms with E-state index in [1.165, 1.54) is 6.26 Å². The highest BCUT2D eigenvalue weighted by atomic mass is 32.2. The van der Waals surface area contributed by atoms with Gasteiger partial charge in [0, 0.05) is 28.1 Å². The van der Waals surface area contributed by atoms with E-state index in [1.807, 2.05) is 0 Å². The molecule has 0 aromatic rings. The van der Waals surface area contributed by atoms with Crippen LogP contribution in [0.15, 0.2) is 12.2 Å². The van der Waals surface area contributed by atoms with Crippen molar-refractivity contribution in [2.45, 2.75) is 6.92 Å². The van der Waals surface area contributed by atoms with Crippen molar-refractivity contribution in [3.05, 3.63) is 12.2 Å². The van der Waals surface area contributed by atoms with E-state index < -0.39 is 15.7 Å². The Morgan fingerprint density at radius 3 is 2.54 bits per heavy atom. The van der Waals surface area contributed by atoms with E-state index in [0.717, 1.165) is 0 Å². The Morgan fingerprint density at radius 2 is 2.15 bits per heavy atom. The quantitative estimate of drug-likeness (QED) is 0.296. The molecule has 0 rings (SSSR count). The highest BCUT2D eigenvalue weighted by molar-refractivity contribution is 7.97. The normalized spacial score (nSPS) is 14.6. The van der Waals surface area contributed by atoms with Gasteiger partial charge in [0.15, 0.2) is 0 Å². The summed E-state index contributed by atoms with van der Waals surface area (Å²) < 4.78 is 18.4. The van der Waals surface area contributed by atoms with Crippen LogP contribution in [-0.4, -0.2) is 35.5 Å². The lowest BCUT2D eigenvalue weighted by Gasteiger charge is -2.06. The van der Waals surface area contributed by atoms with Crippen molar-refractivity contribution < 1.29 is 13.7 Å². The largest absolute Gasteiger partial charge is 0.461 e. The van der Waals surface area contributed by atoms with Crippen molar-refractivity contribution in [3.8, 4) is 0 Å². The average molecular weight is 205 g/mol. The molecule has 4 nitrogen and oxygen atoms in total. The number of ether oxygens (including phenoxy) is 1. The Balaban J connectivity index is 3.59. The van der Waals surface area contributed by atoms with Crippen LogP contribution < -0.4 is 4.72 Å². The topological polar surface area (TPSA) is 55.4 Å². The molecule has 0 fully saturated rings. The molecule has 0 spiro atoms. The Morgan fingerprint density at radius 1 is 1.62 bits per heavy atom. The molecule has 13 heavy (non-hydrogen) atoms. The minimum absolute atomic E-state index is 0.173. The minimum Gasteiger partial charge on any atom is -0.461 e. The van der Waals surface area contributed by atoms with Gasteiger partial charge < -0.3 is 4.74 Å². The van der Waals surface area contributed by atoms with Gasteiger partial charge in [-0.1, -0.05) is 6.58 Å². The minimum atomic E-state index is -2.21. The van der Waals surface area contributed by atoms with Gasteiger partial charge in [-0.05, 0) is 12.8 Å². The number of rotatable bonds is 5. The van der Waals surface area contributed by atoms with Crippen molar-refractivity contribution >= 4 is 21.5 Å². The van der Waals surface area contributed by atoms with Crippen LogP contribution in [0.25, 0.3) is 0 Å². The van der Waals surface area contributed by atoms with Crippen molar-refractivity contribution in [3.63, 3.8) is 0 Å². The third-order valence-electron chi connectivity index (χ3n) is 1.09. The smallest absolute Gasteiger partial charge is 0.333 e. The lowest BCUT2D eigenvalue weighted by molar-refractivity contribution is -0.138. The van der Waals surface area contributed by atoms with Gasteiger partial charge in [0.2, 0.25) is 0 Å². The number of hydrogen-bond acceptors (Lipinski definition) is 3. The summed E-state index contributed by atoms with van der Waals surface area (Å²) >= 11 is 0. The van der Waals surface area contributed by atoms with Crippen molar-refractivity contribution in [1.82, 2.24) is 4.72 Å². The van der Waals surface area contributed by atoms with E-state index in [4.69, 9.17) is 4.74 Å². The first kappa shape index (κ1) is 12.2. The van der Waals surface area contributed by atoms with E-state index >= 15 is 0 Å². The van der Waals surface area contributed by atoms with E-state index in [1.54, 1.807) is 6.92 Å². The molecule has 1 unspecified atom stereocenters. The highest BCUT2D eigenvalue weighted by Crippen LogP contribution is 1.90. The molecule has 5 heteroatoms. The summed E-state index contributed by atoms with van der Waals surface area (Å²) in [6, 6.07) is 0. The molecule has 0 heterocycles. The fourth-order valence-corrected chi connectivity index (χ4v) is 1.04. The fraction of sp³-hybridized carbons (Fsp3) is 0.500. The summed E-state index contributed by atoms with van der Waals surface area (Å²) in [5, 5.41) is 0. The fourth-order valence-electron chi connectivity index (χ4n) is 0.524. The Hall–Kier alpha value is -0.810. The molecular weight excluding hydrogens is 190 g/mol. The van der Waals surface area contributed by atoms with Gasteiger partial charge in [-0.3, -0.25) is 4.21 Å². The molecule has 0 aliphatic heterocycles. The number of hydrogen-bond donors (Lipinski definition) is 1. The molecule has 0 saturated heterocycles. The van der Waals surface area contributed by atoms with Crippen LogP contribution in [0.5, 0.6) is 0 Å². The van der Waals surface area contributed by atoms with Gasteiger partial charge in [-0.15, -0.1) is 0 Å². The van der Waals surface area contributed by atoms with Crippen LogP contribution in [0.2, 0.25) is 0 Å². The molecule has 1 N–H and O–H groups in total. The van der Waals surface area contributed by atoms with Gasteiger partial charge >= 0.3 is 5.97 Å². The standard InChI is InChI=1S/C8H15NO3S/c1-7(2)8(10)12-6-5-9-13(3,4)11/h1,3,5-6H2,2,4H3,(H,9,11). The molecule has 76 valence electrons. The first-order valence-electron chi connectivity index (χ1n) is 3.72. The molecular formula is C8H15NO3S. The van der Waals surface area contributed by atoms with Gasteiger partial charge in [-0.2, -0.15) is 0 Å². The van der Waals surface area contributed by atoms with Gasteiger partial charge in [0.25, 0.3) is 0 Å². The molecule has 0 radical (unpaired) electrons. The SMILES string of the molecule is C=C(C)C(=O)OCCNS(=C)(C)=O. The van der Waals surface area contributed by atoms with Crippen molar-refractivity contribution in [2.75, 3.05) is 19.4 Å². The molecule has 0 saturated carbocycles. The van der Waals surface area contributed by atoms with Crippen LogP contribution in [0.4, 0.5) is 0 Å². The maximum Gasteiger partial charge on any atom is 0.333 e. The van der Waals surface area contributed by atoms with E-state index in [-0.39, 0.29) is 6.61 Å². The van der Waals surface area contributed by atoms with Crippen LogP contribution in [0.1, 0.15) is 6.92 Å². The summed E-state index contributed by atoms with van der Waals surface area (Å²) in [7, 11) is -2.21. The first-order chi connectivity index (χ1) is 5.83. The lowest BCUT2D eigenvalue weighted by atomic mass is 10.4. The zero-order chi connectivity index (χ0) is 10.5. The van der Waals surface area contributed by atoms with Crippen LogP contribution in [0, 0.1) is 0 Å². The van der Waals surface area contributed by atoms with Gasteiger partial charge in [-0.25, -0.2) is 9.52 Å². The lowest BCUT2D eigenvalue weighted by Crippen LogP contribution is -2.26. The molecule has 0 aromatic heterocycles. The molecule has 1 atom stereocenters. The third-order valence-corrected chi connectivity index (χ3v) is 1.91. The van der Waals surface area contributed by atoms with Crippen LogP contribution >= 0.6 is 0 Å². The Kier molecular flexibility index (Phi) is 4.72. The second kappa shape index (κ2) is 5.04. The van der Waals surface area contributed by atoms with Crippen LogP contribution in [-0.2, 0) is 19.2 Å². The van der Waals surface area contributed by atoms with Crippen molar-refractivity contribution in [2.24, 2.45) is 0 Å². The monoisotopic (exact) mass is 205 g/mol. The second-order valence-corrected chi connectivity index (χ2v) is 5.11. The summed E-state index contributed by atoms with van der Waals surface area (Å²) in [6.45, 7) is 5.49. The number of carbonyl (C=O) groups is 1. The van der Waals surface area contributed by atoms with Gasteiger partial charge in [0.05, 0.1) is 0 Å². The van der Waals surface area contributed by atoms with Crippen molar-refractivity contribution in [1.29, 1.82) is 0 Å². The Labute approximate surface area is 79.1 Å². The van der Waals surface area contributed by atoms with E-state index in [2.05, 4.69) is 17.2 Å².